The average Bonchev–Trinajstić information content (AvgIpc) is 2.77. The van der Waals surface area contributed by atoms with Crippen LogP contribution in [0.1, 0.15) is 47.8 Å². The number of esters is 1. The molecule has 0 spiro atoms. The van der Waals surface area contributed by atoms with E-state index in [1.807, 2.05) is 24.3 Å². The highest BCUT2D eigenvalue weighted by molar-refractivity contribution is 6.05. The first-order chi connectivity index (χ1) is 11.1. The van der Waals surface area contributed by atoms with E-state index in [1.54, 1.807) is 0 Å². The average molecular weight is 312 g/mol. The molecule has 2 N–H and O–H groups in total. The summed E-state index contributed by atoms with van der Waals surface area (Å²) in [5.74, 6) is -1.14. The molecular weight excluding hydrogens is 292 g/mol. The number of rotatable bonds is 3. The minimum atomic E-state index is -0.948. The number of hydrogen-bond acceptors (Lipinski definition) is 4. The molecule has 5 heteroatoms. The van der Waals surface area contributed by atoms with Crippen LogP contribution >= 0.6 is 0 Å². The number of hydrogen-bond donors (Lipinski definition) is 1. The summed E-state index contributed by atoms with van der Waals surface area (Å²) in [5.41, 5.74) is 8.47. The zero-order valence-electron chi connectivity index (χ0n) is 13.2. The van der Waals surface area contributed by atoms with E-state index in [4.69, 9.17) is 15.5 Å². The Hall–Kier alpha value is -2.43. The summed E-state index contributed by atoms with van der Waals surface area (Å²) in [6.45, 7) is 1.49. The van der Waals surface area contributed by atoms with Crippen LogP contribution in [-0.4, -0.2) is 23.0 Å². The highest BCUT2D eigenvalue weighted by Crippen LogP contribution is 2.29. The molecule has 1 atom stereocenters. The summed E-state index contributed by atoms with van der Waals surface area (Å²) in [5, 5.41) is 0.773. The summed E-state index contributed by atoms with van der Waals surface area (Å²) in [7, 11) is 0. The Morgan fingerprint density at radius 3 is 2.70 bits per heavy atom. The highest BCUT2D eigenvalue weighted by Gasteiger charge is 2.25. The zero-order chi connectivity index (χ0) is 16.4. The molecule has 5 nitrogen and oxygen atoms in total. The predicted molar refractivity (Wildman–Crippen MR) is 87.1 cm³/mol. The summed E-state index contributed by atoms with van der Waals surface area (Å²) in [4.78, 5) is 28.6. The highest BCUT2D eigenvalue weighted by atomic mass is 16.5. The fourth-order valence-corrected chi connectivity index (χ4v) is 3.06. The zero-order valence-corrected chi connectivity index (χ0v) is 13.2. The molecule has 3 rings (SSSR count). The number of aryl methyl sites for hydroxylation is 1. The Kier molecular flexibility index (Phi) is 4.28. The first kappa shape index (κ1) is 15.5. The SMILES string of the molecule is C[C@@H](OC(=O)c1c2c(nc3ccccc13)CCCCC2)C(N)=O. The number of carbonyl (C=O) groups excluding carboxylic acids is 2. The Morgan fingerprint density at radius 2 is 1.91 bits per heavy atom. The number of amides is 1. The van der Waals surface area contributed by atoms with E-state index >= 15 is 0 Å². The van der Waals surface area contributed by atoms with E-state index in [-0.39, 0.29) is 0 Å². The molecule has 0 radical (unpaired) electrons. The van der Waals surface area contributed by atoms with Crippen molar-refractivity contribution in [3.8, 4) is 0 Å². The van der Waals surface area contributed by atoms with Crippen LogP contribution in [0.3, 0.4) is 0 Å². The topological polar surface area (TPSA) is 82.3 Å². The van der Waals surface area contributed by atoms with Crippen molar-refractivity contribution in [1.29, 1.82) is 0 Å². The molecule has 120 valence electrons. The van der Waals surface area contributed by atoms with Crippen molar-refractivity contribution in [2.24, 2.45) is 5.73 Å². The number of ether oxygens (including phenoxy) is 1. The molecule has 1 aliphatic carbocycles. The van der Waals surface area contributed by atoms with Gasteiger partial charge in [0.1, 0.15) is 0 Å². The van der Waals surface area contributed by atoms with E-state index < -0.39 is 18.0 Å². The Balaban J connectivity index is 2.14. The van der Waals surface area contributed by atoms with Gasteiger partial charge < -0.3 is 10.5 Å². The third kappa shape index (κ3) is 3.04. The minimum absolute atomic E-state index is 0.493. The molecule has 0 saturated carbocycles. The Morgan fingerprint density at radius 1 is 1.17 bits per heavy atom. The van der Waals surface area contributed by atoms with Gasteiger partial charge >= 0.3 is 5.97 Å². The van der Waals surface area contributed by atoms with Gasteiger partial charge in [-0.1, -0.05) is 24.6 Å². The number of para-hydroxylation sites is 1. The lowest BCUT2D eigenvalue weighted by Gasteiger charge is -2.16. The molecule has 23 heavy (non-hydrogen) atoms. The van der Waals surface area contributed by atoms with Crippen molar-refractivity contribution in [3.05, 3.63) is 41.1 Å². The number of primary amides is 1. The second-order valence-corrected chi connectivity index (χ2v) is 5.94. The quantitative estimate of drug-likeness (QED) is 0.697. The lowest BCUT2D eigenvalue weighted by Crippen LogP contribution is -2.31. The second-order valence-electron chi connectivity index (χ2n) is 5.94. The van der Waals surface area contributed by atoms with Gasteiger partial charge in [-0.25, -0.2) is 4.79 Å². The first-order valence-electron chi connectivity index (χ1n) is 7.98. The molecule has 0 aliphatic heterocycles. The van der Waals surface area contributed by atoms with Gasteiger partial charge in [-0.15, -0.1) is 0 Å². The number of fused-ring (bicyclic) bond motifs is 2. The molecule has 0 unspecified atom stereocenters. The minimum Gasteiger partial charge on any atom is -0.449 e. The van der Waals surface area contributed by atoms with Gasteiger partial charge in [-0.05, 0) is 44.2 Å². The van der Waals surface area contributed by atoms with Gasteiger partial charge in [0.05, 0.1) is 11.1 Å². The summed E-state index contributed by atoms with van der Waals surface area (Å²) in [6.07, 6.45) is 3.95. The normalized spacial score (nSPS) is 15.5. The van der Waals surface area contributed by atoms with E-state index in [9.17, 15) is 9.59 Å². The van der Waals surface area contributed by atoms with Crippen LogP contribution in [0.15, 0.2) is 24.3 Å². The van der Waals surface area contributed by atoms with E-state index in [0.717, 1.165) is 54.3 Å². The maximum atomic E-state index is 12.7. The molecule has 1 heterocycles. The molecule has 0 bridgehead atoms. The third-order valence-corrected chi connectivity index (χ3v) is 4.31. The number of pyridine rings is 1. The molecule has 1 amide bonds. The van der Waals surface area contributed by atoms with Gasteiger partial charge in [0.25, 0.3) is 5.91 Å². The van der Waals surface area contributed by atoms with E-state index in [0.29, 0.717) is 5.56 Å². The van der Waals surface area contributed by atoms with Gasteiger partial charge in [-0.3, -0.25) is 9.78 Å². The number of nitrogens with zero attached hydrogens (tertiary/aromatic N) is 1. The largest absolute Gasteiger partial charge is 0.449 e. The van der Waals surface area contributed by atoms with E-state index in [2.05, 4.69) is 0 Å². The number of benzene rings is 1. The number of carbonyl (C=O) groups is 2. The lowest BCUT2D eigenvalue weighted by atomic mass is 9.97. The fourth-order valence-electron chi connectivity index (χ4n) is 3.06. The van der Waals surface area contributed by atoms with Crippen LogP contribution in [0.25, 0.3) is 10.9 Å². The van der Waals surface area contributed by atoms with E-state index in [1.165, 1.54) is 6.92 Å². The standard InChI is InChI=1S/C18H20N2O3/c1-11(17(19)21)23-18(22)16-12-7-3-2-4-9-14(12)20-15-10-6-5-8-13(15)16/h5-6,8,10-11H,2-4,7,9H2,1H3,(H2,19,21)/t11-/m1/s1. The van der Waals surface area contributed by atoms with Crippen LogP contribution in [0.4, 0.5) is 0 Å². The van der Waals surface area contributed by atoms with Crippen LogP contribution in [0.5, 0.6) is 0 Å². The van der Waals surface area contributed by atoms with Crippen LogP contribution < -0.4 is 5.73 Å². The smallest absolute Gasteiger partial charge is 0.339 e. The van der Waals surface area contributed by atoms with Crippen LogP contribution in [0.2, 0.25) is 0 Å². The number of nitrogens with two attached hydrogens (primary N) is 1. The summed E-state index contributed by atoms with van der Waals surface area (Å²) in [6, 6.07) is 7.55. The molecule has 1 aromatic heterocycles. The van der Waals surface area contributed by atoms with Gasteiger partial charge in [0, 0.05) is 11.1 Å². The maximum Gasteiger partial charge on any atom is 0.339 e. The number of aromatic nitrogens is 1. The molecular formula is C18H20N2O3. The van der Waals surface area contributed by atoms with Crippen LogP contribution in [-0.2, 0) is 22.4 Å². The Labute approximate surface area is 134 Å². The monoisotopic (exact) mass is 312 g/mol. The summed E-state index contributed by atoms with van der Waals surface area (Å²) < 4.78 is 5.27. The van der Waals surface area contributed by atoms with Crippen molar-refractivity contribution in [3.63, 3.8) is 0 Å². The van der Waals surface area contributed by atoms with Crippen molar-refractivity contribution in [2.75, 3.05) is 0 Å². The van der Waals surface area contributed by atoms with Crippen LogP contribution in [0, 0.1) is 0 Å². The molecule has 1 aromatic carbocycles. The Bertz CT molecular complexity index is 770. The summed E-state index contributed by atoms with van der Waals surface area (Å²) >= 11 is 0. The first-order valence-corrected chi connectivity index (χ1v) is 7.98. The third-order valence-electron chi connectivity index (χ3n) is 4.31. The van der Waals surface area contributed by atoms with Gasteiger partial charge in [0.15, 0.2) is 6.10 Å². The van der Waals surface area contributed by atoms with Crippen molar-refractivity contribution >= 4 is 22.8 Å². The predicted octanol–water partition coefficient (Wildman–Crippen LogP) is 2.53. The maximum absolute atomic E-state index is 12.7. The molecule has 0 fully saturated rings. The fraction of sp³-hybridized carbons (Fsp3) is 0.389. The molecule has 2 aromatic rings. The second kappa shape index (κ2) is 6.36. The molecule has 0 saturated heterocycles. The van der Waals surface area contributed by atoms with Gasteiger partial charge in [-0.2, -0.15) is 0 Å². The van der Waals surface area contributed by atoms with Gasteiger partial charge in [0.2, 0.25) is 0 Å². The van der Waals surface area contributed by atoms with Crippen molar-refractivity contribution in [1.82, 2.24) is 4.98 Å². The van der Waals surface area contributed by atoms with Crippen molar-refractivity contribution in [2.45, 2.75) is 45.1 Å². The lowest BCUT2D eigenvalue weighted by molar-refractivity contribution is -0.125. The van der Waals surface area contributed by atoms with Crippen molar-refractivity contribution < 1.29 is 14.3 Å². The molecule has 1 aliphatic rings.